The monoisotopic (exact) mass is 330 g/mol. The van der Waals surface area contributed by atoms with Crippen LogP contribution in [0.25, 0.3) is 0 Å². The predicted octanol–water partition coefficient (Wildman–Crippen LogP) is 3.47. The summed E-state index contributed by atoms with van der Waals surface area (Å²) in [6.07, 6.45) is 5.78. The van der Waals surface area contributed by atoms with E-state index in [1.54, 1.807) is 12.3 Å². The van der Waals surface area contributed by atoms with Crippen molar-refractivity contribution in [3.8, 4) is 0 Å². The Morgan fingerprint density at radius 2 is 2.39 bits per heavy atom. The summed E-state index contributed by atoms with van der Waals surface area (Å²) >= 11 is 9.04. The predicted molar refractivity (Wildman–Crippen MR) is 75.9 cm³/mol. The molecule has 1 atom stereocenters. The minimum Gasteiger partial charge on any atom is -0.334 e. The third kappa shape index (κ3) is 3.23. The largest absolute Gasteiger partial charge is 0.334 e. The van der Waals surface area contributed by atoms with Crippen molar-refractivity contribution in [1.29, 1.82) is 0 Å². The molecule has 1 unspecified atom stereocenters. The summed E-state index contributed by atoms with van der Waals surface area (Å²) in [5.74, 6) is 0.703. The Labute approximate surface area is 121 Å². The van der Waals surface area contributed by atoms with Gasteiger partial charge >= 0.3 is 0 Å². The minimum atomic E-state index is 0.0413. The van der Waals surface area contributed by atoms with E-state index in [1.165, 1.54) is 0 Å². The first-order valence-corrected chi connectivity index (χ1v) is 7.53. The molecular formula is C13H16BrClN2O. The lowest BCUT2D eigenvalue weighted by Crippen LogP contribution is -2.36. The van der Waals surface area contributed by atoms with Crippen molar-refractivity contribution in [2.45, 2.75) is 31.7 Å². The highest BCUT2D eigenvalue weighted by Gasteiger charge is 2.29. The number of nitrogens with zero attached hydrogens (tertiary/aromatic N) is 2. The molecule has 1 aromatic heterocycles. The quantitative estimate of drug-likeness (QED) is 0.792. The van der Waals surface area contributed by atoms with E-state index in [9.17, 15) is 4.79 Å². The maximum Gasteiger partial charge on any atom is 0.272 e. The van der Waals surface area contributed by atoms with Crippen LogP contribution in [0.3, 0.4) is 0 Å². The van der Waals surface area contributed by atoms with Crippen LogP contribution in [0.2, 0.25) is 0 Å². The summed E-state index contributed by atoms with van der Waals surface area (Å²) in [5.41, 5.74) is 0.524. The molecule has 2 heterocycles. The second kappa shape index (κ2) is 6.53. The van der Waals surface area contributed by atoms with Crippen molar-refractivity contribution < 1.29 is 4.79 Å². The van der Waals surface area contributed by atoms with Crippen LogP contribution in [-0.2, 0) is 0 Å². The third-order valence-electron chi connectivity index (χ3n) is 3.26. The fraction of sp³-hybridized carbons (Fsp3) is 0.538. The summed E-state index contributed by atoms with van der Waals surface area (Å²) in [4.78, 5) is 18.5. The molecule has 0 radical (unpaired) electrons. The molecule has 1 fully saturated rings. The number of amides is 1. The Kier molecular flexibility index (Phi) is 5.01. The average Bonchev–Trinajstić information content (AvgIpc) is 2.84. The number of halogens is 2. The molecule has 3 nitrogen and oxygen atoms in total. The third-order valence-corrected chi connectivity index (χ3v) is 3.99. The van der Waals surface area contributed by atoms with E-state index >= 15 is 0 Å². The van der Waals surface area contributed by atoms with Gasteiger partial charge in [0.15, 0.2) is 0 Å². The van der Waals surface area contributed by atoms with Crippen LogP contribution < -0.4 is 0 Å². The Morgan fingerprint density at radius 1 is 1.56 bits per heavy atom. The number of carbonyl (C=O) groups excluding carboxylic acids is 1. The van der Waals surface area contributed by atoms with Gasteiger partial charge in [-0.15, -0.1) is 11.6 Å². The molecule has 1 aliphatic heterocycles. The van der Waals surface area contributed by atoms with Crippen LogP contribution in [0.5, 0.6) is 0 Å². The van der Waals surface area contributed by atoms with Crippen molar-refractivity contribution in [3.05, 3.63) is 28.5 Å². The summed E-state index contributed by atoms with van der Waals surface area (Å²) in [7, 11) is 0. The number of likely N-dealkylation sites (tertiary alicyclic amines) is 1. The number of carbonyl (C=O) groups is 1. The molecule has 1 aromatic rings. The maximum atomic E-state index is 12.3. The van der Waals surface area contributed by atoms with E-state index in [4.69, 9.17) is 11.6 Å². The zero-order valence-electron chi connectivity index (χ0n) is 10.1. The second-order valence-electron chi connectivity index (χ2n) is 4.49. The molecule has 0 saturated carbocycles. The van der Waals surface area contributed by atoms with Gasteiger partial charge in [-0.1, -0.05) is 0 Å². The molecule has 0 spiro atoms. The minimum absolute atomic E-state index is 0.0413. The number of aromatic nitrogens is 1. The zero-order chi connectivity index (χ0) is 13.0. The Hall–Kier alpha value is -0.610. The second-order valence-corrected chi connectivity index (χ2v) is 5.78. The highest BCUT2D eigenvalue weighted by atomic mass is 79.9. The van der Waals surface area contributed by atoms with Crippen LogP contribution in [0.1, 0.15) is 36.2 Å². The van der Waals surface area contributed by atoms with Gasteiger partial charge in [0.2, 0.25) is 0 Å². The molecule has 0 N–H and O–H groups in total. The van der Waals surface area contributed by atoms with Gasteiger partial charge < -0.3 is 4.90 Å². The molecule has 0 aliphatic carbocycles. The van der Waals surface area contributed by atoms with Gasteiger partial charge in [-0.2, -0.15) is 0 Å². The summed E-state index contributed by atoms with van der Waals surface area (Å²) in [6.45, 7) is 0.837. The van der Waals surface area contributed by atoms with Gasteiger partial charge in [0.1, 0.15) is 5.69 Å². The molecule has 1 aliphatic rings. The number of hydrogen-bond donors (Lipinski definition) is 0. The van der Waals surface area contributed by atoms with E-state index in [2.05, 4.69) is 20.9 Å². The van der Waals surface area contributed by atoms with E-state index in [0.29, 0.717) is 17.6 Å². The SMILES string of the molecule is O=C(c1ccc(Br)cn1)N1CCCC1CCCCl. The van der Waals surface area contributed by atoms with E-state index in [-0.39, 0.29) is 5.91 Å². The Balaban J connectivity index is 2.05. The first-order chi connectivity index (χ1) is 8.72. The van der Waals surface area contributed by atoms with Gasteiger partial charge in [0.05, 0.1) is 0 Å². The smallest absolute Gasteiger partial charge is 0.272 e. The number of alkyl halides is 1. The molecule has 0 bridgehead atoms. The fourth-order valence-electron chi connectivity index (χ4n) is 2.37. The van der Waals surface area contributed by atoms with Crippen LogP contribution in [-0.4, -0.2) is 34.3 Å². The van der Waals surface area contributed by atoms with Gasteiger partial charge in [-0.3, -0.25) is 4.79 Å². The highest BCUT2D eigenvalue weighted by Crippen LogP contribution is 2.23. The van der Waals surface area contributed by atoms with Crippen LogP contribution in [0.15, 0.2) is 22.8 Å². The van der Waals surface area contributed by atoms with E-state index < -0.39 is 0 Å². The van der Waals surface area contributed by atoms with Gasteiger partial charge in [-0.05, 0) is 53.7 Å². The van der Waals surface area contributed by atoms with Crippen LogP contribution in [0, 0.1) is 0 Å². The highest BCUT2D eigenvalue weighted by molar-refractivity contribution is 9.10. The molecular weight excluding hydrogens is 316 g/mol. The Morgan fingerprint density at radius 3 is 3.06 bits per heavy atom. The zero-order valence-corrected chi connectivity index (χ0v) is 12.5. The average molecular weight is 332 g/mol. The van der Waals surface area contributed by atoms with Crippen molar-refractivity contribution >= 4 is 33.4 Å². The molecule has 18 heavy (non-hydrogen) atoms. The standard InChI is InChI=1S/C13H16BrClN2O/c14-10-5-6-12(16-9-10)13(18)17-8-2-4-11(17)3-1-7-15/h5-6,9,11H,1-4,7-8H2. The topological polar surface area (TPSA) is 33.2 Å². The van der Waals surface area contributed by atoms with E-state index in [1.807, 2.05) is 11.0 Å². The number of hydrogen-bond acceptors (Lipinski definition) is 2. The molecule has 1 saturated heterocycles. The van der Waals surface area contributed by atoms with Gasteiger partial charge in [0, 0.05) is 29.1 Å². The first kappa shape index (κ1) is 13.8. The lowest BCUT2D eigenvalue weighted by atomic mass is 10.1. The van der Waals surface area contributed by atoms with E-state index in [0.717, 1.165) is 36.7 Å². The molecule has 98 valence electrons. The van der Waals surface area contributed by atoms with Gasteiger partial charge in [-0.25, -0.2) is 4.98 Å². The molecule has 1 amide bonds. The first-order valence-electron chi connectivity index (χ1n) is 6.21. The fourth-order valence-corrected chi connectivity index (χ4v) is 2.75. The number of pyridine rings is 1. The maximum absolute atomic E-state index is 12.3. The van der Waals surface area contributed by atoms with Gasteiger partial charge in [0.25, 0.3) is 5.91 Å². The van der Waals surface area contributed by atoms with Crippen molar-refractivity contribution in [1.82, 2.24) is 9.88 Å². The lowest BCUT2D eigenvalue weighted by Gasteiger charge is -2.24. The van der Waals surface area contributed by atoms with Crippen LogP contribution >= 0.6 is 27.5 Å². The Bertz CT molecular complexity index is 410. The van der Waals surface area contributed by atoms with Crippen molar-refractivity contribution in [3.63, 3.8) is 0 Å². The number of rotatable bonds is 4. The molecule has 5 heteroatoms. The van der Waals surface area contributed by atoms with Crippen molar-refractivity contribution in [2.75, 3.05) is 12.4 Å². The molecule has 2 rings (SSSR count). The molecule has 0 aromatic carbocycles. The van der Waals surface area contributed by atoms with Crippen molar-refractivity contribution in [2.24, 2.45) is 0 Å². The lowest BCUT2D eigenvalue weighted by molar-refractivity contribution is 0.0724. The summed E-state index contributed by atoms with van der Waals surface area (Å²) in [6, 6.07) is 3.95. The summed E-state index contributed by atoms with van der Waals surface area (Å²) in [5, 5.41) is 0. The summed E-state index contributed by atoms with van der Waals surface area (Å²) < 4.78 is 0.888. The normalized spacial score (nSPS) is 19.2. The van der Waals surface area contributed by atoms with Crippen LogP contribution in [0.4, 0.5) is 0 Å².